The van der Waals surface area contributed by atoms with Crippen molar-refractivity contribution in [2.45, 2.75) is 19.3 Å². The Morgan fingerprint density at radius 3 is 1.90 bits per heavy atom. The lowest BCUT2D eigenvalue weighted by molar-refractivity contribution is 0.660. The molecule has 1 heterocycles. The van der Waals surface area contributed by atoms with Crippen LogP contribution >= 0.6 is 11.3 Å². The van der Waals surface area contributed by atoms with E-state index in [-0.39, 0.29) is 5.41 Å². The molecule has 10 rings (SSSR count). The number of nitrogens with zero attached hydrogens (tertiary/aromatic N) is 1. The Morgan fingerprint density at radius 1 is 0.449 bits per heavy atom. The molecular formula is C47H33NS. The van der Waals surface area contributed by atoms with Crippen molar-refractivity contribution in [3.63, 3.8) is 0 Å². The largest absolute Gasteiger partial charge is 0.310 e. The topological polar surface area (TPSA) is 3.24 Å². The molecule has 1 nitrogen and oxygen atoms in total. The van der Waals surface area contributed by atoms with Crippen LogP contribution < -0.4 is 4.90 Å². The van der Waals surface area contributed by atoms with E-state index >= 15 is 0 Å². The molecule has 0 amide bonds. The van der Waals surface area contributed by atoms with Crippen molar-refractivity contribution in [2.24, 2.45) is 0 Å². The van der Waals surface area contributed by atoms with E-state index in [1.54, 1.807) is 0 Å². The van der Waals surface area contributed by atoms with E-state index in [0.717, 1.165) is 11.4 Å². The lowest BCUT2D eigenvalue weighted by atomic mass is 9.82. The summed E-state index contributed by atoms with van der Waals surface area (Å²) in [5, 5.41) is 7.74. The summed E-state index contributed by atoms with van der Waals surface area (Å²) in [7, 11) is 0. The van der Waals surface area contributed by atoms with Crippen molar-refractivity contribution >= 4 is 70.1 Å². The standard InChI is InChI=1S/C47H33NS/c1-47(2)41-15-8-7-14-39(41)46-42(47)16-9-17-43(46)48(36-22-20-31(21-23-36)35-19-18-30-10-3-4-11-32(30)26-35)37-24-25-38-40-27-33-12-5-6-13-34(33)28-44(40)49-45(38)29-37/h3-29H,1-2H3. The van der Waals surface area contributed by atoms with Gasteiger partial charge in [0.05, 0.1) is 5.69 Å². The molecule has 2 heteroatoms. The third kappa shape index (κ3) is 4.38. The Hall–Kier alpha value is -5.70. The van der Waals surface area contributed by atoms with Crippen LogP contribution in [0.3, 0.4) is 0 Å². The van der Waals surface area contributed by atoms with Gasteiger partial charge in [-0.25, -0.2) is 0 Å². The number of hydrogen-bond donors (Lipinski definition) is 0. The second-order valence-corrected chi connectivity index (χ2v) is 14.9. The molecular weight excluding hydrogens is 611 g/mol. The molecule has 1 aliphatic carbocycles. The summed E-state index contributed by atoms with van der Waals surface area (Å²) >= 11 is 1.89. The Labute approximate surface area is 290 Å². The van der Waals surface area contributed by atoms with Gasteiger partial charge in [0.2, 0.25) is 0 Å². The summed E-state index contributed by atoms with van der Waals surface area (Å²) in [4.78, 5) is 2.47. The summed E-state index contributed by atoms with van der Waals surface area (Å²) in [6.07, 6.45) is 0. The Kier molecular flexibility index (Phi) is 6.16. The number of benzene rings is 8. The average Bonchev–Trinajstić information content (AvgIpc) is 3.61. The van der Waals surface area contributed by atoms with E-state index in [2.05, 4.69) is 183 Å². The average molecular weight is 644 g/mol. The van der Waals surface area contributed by atoms with Gasteiger partial charge in [0, 0.05) is 42.5 Å². The summed E-state index contributed by atoms with van der Waals surface area (Å²) in [5.74, 6) is 0. The highest BCUT2D eigenvalue weighted by Gasteiger charge is 2.37. The summed E-state index contributed by atoms with van der Waals surface area (Å²) < 4.78 is 2.63. The first-order valence-electron chi connectivity index (χ1n) is 17.0. The maximum absolute atomic E-state index is 2.47. The molecule has 0 spiro atoms. The van der Waals surface area contributed by atoms with Crippen molar-refractivity contribution in [1.29, 1.82) is 0 Å². The van der Waals surface area contributed by atoms with Crippen molar-refractivity contribution in [2.75, 3.05) is 4.90 Å². The first kappa shape index (κ1) is 28.3. The van der Waals surface area contributed by atoms with Crippen molar-refractivity contribution in [1.82, 2.24) is 0 Å². The number of anilines is 3. The smallest absolute Gasteiger partial charge is 0.0543 e. The normalized spacial score (nSPS) is 13.3. The molecule has 9 aromatic rings. The summed E-state index contributed by atoms with van der Waals surface area (Å²) in [6.45, 7) is 4.72. The van der Waals surface area contributed by atoms with Crippen LogP contribution in [0.2, 0.25) is 0 Å². The van der Waals surface area contributed by atoms with Crippen LogP contribution in [-0.2, 0) is 5.41 Å². The van der Waals surface area contributed by atoms with E-state index in [0.29, 0.717) is 0 Å². The molecule has 0 aliphatic heterocycles. The molecule has 0 N–H and O–H groups in total. The van der Waals surface area contributed by atoms with Crippen molar-refractivity contribution < 1.29 is 0 Å². The minimum Gasteiger partial charge on any atom is -0.310 e. The van der Waals surface area contributed by atoms with Gasteiger partial charge in [-0.1, -0.05) is 129 Å². The molecule has 1 aromatic heterocycles. The monoisotopic (exact) mass is 643 g/mol. The second kappa shape index (κ2) is 10.7. The molecule has 0 saturated carbocycles. The van der Waals surface area contributed by atoms with Crippen LogP contribution in [0.1, 0.15) is 25.0 Å². The van der Waals surface area contributed by atoms with Gasteiger partial charge in [0.15, 0.2) is 0 Å². The summed E-state index contributed by atoms with van der Waals surface area (Å²) in [6, 6.07) is 60.7. The quantitative estimate of drug-likeness (QED) is 0.184. The van der Waals surface area contributed by atoms with Gasteiger partial charge in [-0.05, 0) is 97.9 Å². The first-order valence-corrected chi connectivity index (χ1v) is 17.8. The minimum atomic E-state index is -0.0784. The first-order chi connectivity index (χ1) is 24.0. The molecule has 1 aliphatic rings. The van der Waals surface area contributed by atoms with Crippen molar-refractivity contribution in [3.05, 3.63) is 175 Å². The SMILES string of the molecule is CC1(C)c2ccccc2-c2c(N(c3ccc(-c4ccc5ccccc5c4)cc3)c3ccc4c(c3)sc3cc5ccccc5cc34)cccc21. The van der Waals surface area contributed by atoms with Gasteiger partial charge in [-0.2, -0.15) is 0 Å². The molecule has 0 bridgehead atoms. The number of rotatable bonds is 4. The Balaban J connectivity index is 1.17. The molecule has 232 valence electrons. The van der Waals surface area contributed by atoms with Gasteiger partial charge in [-0.3, -0.25) is 0 Å². The van der Waals surface area contributed by atoms with Crippen LogP contribution in [0.15, 0.2) is 164 Å². The predicted molar refractivity (Wildman–Crippen MR) is 212 cm³/mol. The fourth-order valence-corrected chi connectivity index (χ4v) is 9.28. The zero-order chi connectivity index (χ0) is 32.7. The van der Waals surface area contributed by atoms with E-state index in [4.69, 9.17) is 0 Å². The third-order valence-corrected chi connectivity index (χ3v) is 11.7. The molecule has 8 aromatic carbocycles. The molecule has 0 unspecified atom stereocenters. The van der Waals surface area contributed by atoms with Crippen molar-refractivity contribution in [3.8, 4) is 22.3 Å². The van der Waals surface area contributed by atoms with Crippen LogP contribution in [0.5, 0.6) is 0 Å². The highest BCUT2D eigenvalue weighted by atomic mass is 32.1. The van der Waals surface area contributed by atoms with E-state index in [1.165, 1.54) is 80.8 Å². The fourth-order valence-electron chi connectivity index (χ4n) is 8.11. The lowest BCUT2D eigenvalue weighted by Gasteiger charge is -2.29. The highest BCUT2D eigenvalue weighted by molar-refractivity contribution is 7.25. The number of thiophene rings is 1. The van der Waals surface area contributed by atoms with Crippen LogP contribution in [0.25, 0.3) is 64.0 Å². The van der Waals surface area contributed by atoms with E-state index in [1.807, 2.05) is 11.3 Å². The Bertz CT molecular complexity index is 2750. The molecule has 0 fully saturated rings. The molecule has 0 radical (unpaired) electrons. The maximum atomic E-state index is 2.47. The van der Waals surface area contributed by atoms with Crippen LogP contribution in [-0.4, -0.2) is 0 Å². The third-order valence-electron chi connectivity index (χ3n) is 10.6. The van der Waals surface area contributed by atoms with Crippen LogP contribution in [0, 0.1) is 0 Å². The Morgan fingerprint density at radius 2 is 1.08 bits per heavy atom. The zero-order valence-electron chi connectivity index (χ0n) is 27.4. The molecule has 49 heavy (non-hydrogen) atoms. The van der Waals surface area contributed by atoms with Gasteiger partial charge in [0.1, 0.15) is 0 Å². The van der Waals surface area contributed by atoms with Gasteiger partial charge >= 0.3 is 0 Å². The van der Waals surface area contributed by atoms with E-state index < -0.39 is 0 Å². The zero-order valence-corrected chi connectivity index (χ0v) is 28.3. The van der Waals surface area contributed by atoms with Gasteiger partial charge in [0.25, 0.3) is 0 Å². The highest BCUT2D eigenvalue weighted by Crippen LogP contribution is 2.54. The molecule has 0 atom stereocenters. The minimum absolute atomic E-state index is 0.0784. The number of hydrogen-bond acceptors (Lipinski definition) is 2. The van der Waals surface area contributed by atoms with E-state index in [9.17, 15) is 0 Å². The lowest BCUT2D eigenvalue weighted by Crippen LogP contribution is -2.16. The second-order valence-electron chi connectivity index (χ2n) is 13.8. The van der Waals surface area contributed by atoms with Crippen LogP contribution in [0.4, 0.5) is 17.1 Å². The predicted octanol–water partition coefficient (Wildman–Crippen LogP) is 13.8. The number of fused-ring (bicyclic) bond motifs is 8. The maximum Gasteiger partial charge on any atom is 0.0543 e. The van der Waals surface area contributed by atoms with Gasteiger partial charge < -0.3 is 4.90 Å². The molecule has 0 saturated heterocycles. The fraction of sp³-hybridized carbons (Fsp3) is 0.0638. The van der Waals surface area contributed by atoms with Gasteiger partial charge in [-0.15, -0.1) is 11.3 Å². The summed E-state index contributed by atoms with van der Waals surface area (Å²) in [5.41, 5.74) is 11.3.